The highest BCUT2D eigenvalue weighted by atomic mass is 32.1. The fourth-order valence-electron chi connectivity index (χ4n) is 1.80. The molecule has 2 aromatic rings. The maximum atomic E-state index is 5.09. The van der Waals surface area contributed by atoms with E-state index in [9.17, 15) is 0 Å². The van der Waals surface area contributed by atoms with Crippen molar-refractivity contribution < 1.29 is 4.74 Å². The Morgan fingerprint density at radius 3 is 2.83 bits per heavy atom. The van der Waals surface area contributed by atoms with Gasteiger partial charge in [0.2, 0.25) is 0 Å². The second kappa shape index (κ2) is 6.11. The van der Waals surface area contributed by atoms with Crippen LogP contribution in [0.5, 0.6) is 0 Å². The molecular weight excluding hydrogens is 246 g/mol. The van der Waals surface area contributed by atoms with E-state index in [1.807, 2.05) is 0 Å². The van der Waals surface area contributed by atoms with Gasteiger partial charge in [-0.25, -0.2) is 9.97 Å². The first-order valence-electron chi connectivity index (χ1n) is 6.30. The summed E-state index contributed by atoms with van der Waals surface area (Å²) in [6.45, 7) is 5.77. The van der Waals surface area contributed by atoms with E-state index < -0.39 is 0 Å². The molecule has 1 N–H and O–H groups in total. The molecule has 2 rings (SSSR count). The van der Waals surface area contributed by atoms with Crippen molar-refractivity contribution in [1.82, 2.24) is 9.97 Å². The van der Waals surface area contributed by atoms with E-state index in [0.717, 1.165) is 41.2 Å². The van der Waals surface area contributed by atoms with Crippen LogP contribution in [0.25, 0.3) is 10.2 Å². The highest BCUT2D eigenvalue weighted by Crippen LogP contribution is 2.29. The summed E-state index contributed by atoms with van der Waals surface area (Å²) >= 11 is 1.75. The Labute approximate surface area is 111 Å². The number of aryl methyl sites for hydroxylation is 1. The predicted octanol–water partition coefficient (Wildman–Crippen LogP) is 2.87. The van der Waals surface area contributed by atoms with Gasteiger partial charge in [0.15, 0.2) is 0 Å². The van der Waals surface area contributed by atoms with Crippen molar-refractivity contribution >= 4 is 27.4 Å². The maximum Gasteiger partial charge on any atom is 0.138 e. The minimum Gasteiger partial charge on any atom is -0.384 e. The van der Waals surface area contributed by atoms with Crippen LogP contribution in [0.4, 0.5) is 5.82 Å². The minimum atomic E-state index is 0.656. The zero-order valence-electron chi connectivity index (χ0n) is 11.1. The summed E-state index contributed by atoms with van der Waals surface area (Å²) in [4.78, 5) is 11.6. The molecule has 0 aliphatic heterocycles. The third-order valence-corrected chi connectivity index (χ3v) is 3.89. The van der Waals surface area contributed by atoms with Crippen molar-refractivity contribution in [3.05, 3.63) is 16.8 Å². The van der Waals surface area contributed by atoms with Crippen LogP contribution >= 0.6 is 11.3 Å². The number of rotatable bonds is 6. The lowest BCUT2D eigenvalue weighted by molar-refractivity contribution is 0.200. The highest BCUT2D eigenvalue weighted by Gasteiger charge is 2.10. The average molecular weight is 265 g/mol. The van der Waals surface area contributed by atoms with Gasteiger partial charge < -0.3 is 10.1 Å². The van der Waals surface area contributed by atoms with E-state index in [-0.39, 0.29) is 0 Å². The largest absolute Gasteiger partial charge is 0.384 e. The van der Waals surface area contributed by atoms with Crippen molar-refractivity contribution in [3.8, 4) is 0 Å². The number of nitrogens with one attached hydrogen (secondary N) is 1. The van der Waals surface area contributed by atoms with Crippen molar-refractivity contribution in [3.63, 3.8) is 0 Å². The van der Waals surface area contributed by atoms with Gasteiger partial charge in [0.05, 0.1) is 12.0 Å². The van der Waals surface area contributed by atoms with Crippen molar-refractivity contribution in [2.45, 2.75) is 26.7 Å². The van der Waals surface area contributed by atoms with Crippen molar-refractivity contribution in [2.24, 2.45) is 0 Å². The fraction of sp³-hybridized carbons (Fsp3) is 0.538. The molecule has 0 aromatic carbocycles. The number of thiophene rings is 1. The van der Waals surface area contributed by atoms with E-state index in [2.05, 4.69) is 35.2 Å². The number of nitrogens with zero attached hydrogens (tertiary/aromatic N) is 2. The van der Waals surface area contributed by atoms with Gasteiger partial charge in [-0.1, -0.05) is 6.92 Å². The first-order chi connectivity index (χ1) is 8.78. The Morgan fingerprint density at radius 1 is 1.33 bits per heavy atom. The topological polar surface area (TPSA) is 47.0 Å². The summed E-state index contributed by atoms with van der Waals surface area (Å²) in [5.41, 5.74) is 0. The standard InChI is InChI=1S/C13H19N3OS/c1-4-9-8-10-12(14-5-2)15-11(6-7-17-3)16-13(10)18-9/h8H,4-7H2,1-3H3,(H,14,15,16). The van der Waals surface area contributed by atoms with Gasteiger partial charge in [0, 0.05) is 25.0 Å². The van der Waals surface area contributed by atoms with Crippen LogP contribution in [-0.4, -0.2) is 30.2 Å². The zero-order chi connectivity index (χ0) is 13.0. The molecule has 0 saturated heterocycles. The van der Waals surface area contributed by atoms with Gasteiger partial charge in [-0.05, 0) is 19.4 Å². The minimum absolute atomic E-state index is 0.656. The van der Waals surface area contributed by atoms with Gasteiger partial charge in [-0.2, -0.15) is 0 Å². The summed E-state index contributed by atoms with van der Waals surface area (Å²) in [5, 5.41) is 4.46. The molecule has 0 saturated carbocycles. The summed E-state index contributed by atoms with van der Waals surface area (Å²) in [7, 11) is 1.70. The van der Waals surface area contributed by atoms with E-state index in [4.69, 9.17) is 4.74 Å². The molecule has 0 fully saturated rings. The summed E-state index contributed by atoms with van der Waals surface area (Å²) in [5.74, 6) is 1.80. The Kier molecular flexibility index (Phi) is 4.49. The number of methoxy groups -OCH3 is 1. The Balaban J connectivity index is 2.43. The van der Waals surface area contributed by atoms with Crippen LogP contribution in [0.3, 0.4) is 0 Å². The van der Waals surface area contributed by atoms with Crippen LogP contribution in [0.1, 0.15) is 24.5 Å². The molecule has 0 atom stereocenters. The third kappa shape index (κ3) is 2.79. The lowest BCUT2D eigenvalue weighted by Gasteiger charge is -2.06. The smallest absolute Gasteiger partial charge is 0.138 e. The number of ether oxygens (including phenoxy) is 1. The fourth-order valence-corrected chi connectivity index (χ4v) is 2.78. The summed E-state index contributed by atoms with van der Waals surface area (Å²) < 4.78 is 5.09. The zero-order valence-corrected chi connectivity index (χ0v) is 11.9. The number of fused-ring (bicyclic) bond motifs is 1. The Bertz CT molecular complexity index is 524. The second-order valence-corrected chi connectivity index (χ2v) is 5.16. The summed E-state index contributed by atoms with van der Waals surface area (Å²) in [6, 6.07) is 2.19. The average Bonchev–Trinajstić information content (AvgIpc) is 2.80. The lowest BCUT2D eigenvalue weighted by atomic mass is 10.3. The van der Waals surface area contributed by atoms with Crippen molar-refractivity contribution in [2.75, 3.05) is 25.6 Å². The molecule has 0 spiro atoms. The molecular formula is C13H19N3OS. The van der Waals surface area contributed by atoms with E-state index in [0.29, 0.717) is 6.61 Å². The molecule has 0 aliphatic carbocycles. The molecule has 0 radical (unpaired) electrons. The third-order valence-electron chi connectivity index (χ3n) is 2.71. The van der Waals surface area contributed by atoms with E-state index >= 15 is 0 Å². The second-order valence-electron chi connectivity index (χ2n) is 4.05. The predicted molar refractivity (Wildman–Crippen MR) is 76.5 cm³/mol. The van der Waals surface area contributed by atoms with Gasteiger partial charge in [0.25, 0.3) is 0 Å². The lowest BCUT2D eigenvalue weighted by Crippen LogP contribution is -2.05. The number of hydrogen-bond acceptors (Lipinski definition) is 5. The van der Waals surface area contributed by atoms with Crippen LogP contribution in [0, 0.1) is 0 Å². The molecule has 2 heterocycles. The Hall–Kier alpha value is -1.20. The SMILES string of the molecule is CCNc1nc(CCOC)nc2sc(CC)cc12. The molecule has 0 amide bonds. The molecule has 98 valence electrons. The first-order valence-corrected chi connectivity index (χ1v) is 7.12. The number of hydrogen-bond donors (Lipinski definition) is 1. The van der Waals surface area contributed by atoms with Gasteiger partial charge in [0.1, 0.15) is 16.5 Å². The van der Waals surface area contributed by atoms with Gasteiger partial charge in [-0.3, -0.25) is 0 Å². The molecule has 0 aliphatic rings. The molecule has 0 unspecified atom stereocenters. The van der Waals surface area contributed by atoms with Gasteiger partial charge >= 0.3 is 0 Å². The monoisotopic (exact) mass is 265 g/mol. The van der Waals surface area contributed by atoms with Crippen LogP contribution in [0.15, 0.2) is 6.07 Å². The maximum absolute atomic E-state index is 5.09. The quantitative estimate of drug-likeness (QED) is 0.872. The van der Waals surface area contributed by atoms with E-state index in [1.165, 1.54) is 4.88 Å². The van der Waals surface area contributed by atoms with Crippen molar-refractivity contribution in [1.29, 1.82) is 0 Å². The first kappa shape index (κ1) is 13.2. The van der Waals surface area contributed by atoms with Crippen LogP contribution < -0.4 is 5.32 Å². The normalized spacial score (nSPS) is 11.1. The van der Waals surface area contributed by atoms with Gasteiger partial charge in [-0.15, -0.1) is 11.3 Å². The van der Waals surface area contributed by atoms with Crippen LogP contribution in [-0.2, 0) is 17.6 Å². The molecule has 2 aromatic heterocycles. The molecule has 18 heavy (non-hydrogen) atoms. The number of aromatic nitrogens is 2. The molecule has 5 heteroatoms. The van der Waals surface area contributed by atoms with E-state index in [1.54, 1.807) is 18.4 Å². The summed E-state index contributed by atoms with van der Waals surface area (Å²) in [6.07, 6.45) is 1.80. The number of anilines is 1. The van der Waals surface area contributed by atoms with Crippen LogP contribution in [0.2, 0.25) is 0 Å². The highest BCUT2D eigenvalue weighted by molar-refractivity contribution is 7.18. The Morgan fingerprint density at radius 2 is 2.17 bits per heavy atom. The molecule has 0 bridgehead atoms. The molecule has 4 nitrogen and oxygen atoms in total.